The van der Waals surface area contributed by atoms with Gasteiger partial charge in [-0.1, -0.05) is 6.07 Å². The van der Waals surface area contributed by atoms with Crippen LogP contribution in [0.4, 0.5) is 0 Å². The van der Waals surface area contributed by atoms with E-state index in [1.807, 2.05) is 6.92 Å². The van der Waals surface area contributed by atoms with E-state index in [2.05, 4.69) is 10.0 Å². The van der Waals surface area contributed by atoms with Crippen LogP contribution in [-0.4, -0.2) is 42.2 Å². The van der Waals surface area contributed by atoms with Gasteiger partial charge in [0.25, 0.3) is 0 Å². The fourth-order valence-electron chi connectivity index (χ4n) is 1.97. The van der Waals surface area contributed by atoms with Gasteiger partial charge in [0, 0.05) is 12.6 Å². The Hall–Kier alpha value is -0.670. The minimum atomic E-state index is -3.69. The van der Waals surface area contributed by atoms with Crippen LogP contribution in [0.1, 0.15) is 12.5 Å². The molecule has 6 nitrogen and oxygen atoms in total. The summed E-state index contributed by atoms with van der Waals surface area (Å²) in [4.78, 5) is 0.132. The van der Waals surface area contributed by atoms with Crippen molar-refractivity contribution in [3.63, 3.8) is 0 Å². The van der Waals surface area contributed by atoms with Crippen LogP contribution >= 0.6 is 12.4 Å². The van der Waals surface area contributed by atoms with Gasteiger partial charge in [0.1, 0.15) is 0 Å². The molecule has 0 bridgehead atoms. The highest BCUT2D eigenvalue weighted by Gasteiger charge is 2.28. The molecule has 0 amide bonds. The zero-order chi connectivity index (χ0) is 15.0. The number of rotatable bonds is 5. The second-order valence-corrected chi connectivity index (χ2v) is 8.72. The molecular weight excluding hydrogens is 336 g/mol. The summed E-state index contributed by atoms with van der Waals surface area (Å²) in [6.07, 6.45) is 0.447. The predicted octanol–water partition coefficient (Wildman–Crippen LogP) is 0.324. The fourth-order valence-corrected chi connectivity index (χ4v) is 4.79. The van der Waals surface area contributed by atoms with Crippen LogP contribution in [0.2, 0.25) is 0 Å². The van der Waals surface area contributed by atoms with Crippen molar-refractivity contribution in [2.75, 3.05) is 19.3 Å². The monoisotopic (exact) mass is 354 g/mol. The van der Waals surface area contributed by atoms with E-state index in [9.17, 15) is 16.8 Å². The number of hydrogen-bond donors (Lipinski definition) is 2. The summed E-state index contributed by atoms with van der Waals surface area (Å²) in [7, 11) is -5.28. The van der Waals surface area contributed by atoms with Crippen molar-refractivity contribution in [1.29, 1.82) is 0 Å². The molecule has 1 atom stereocenters. The largest absolute Gasteiger partial charge is 0.316 e. The minimum Gasteiger partial charge on any atom is -0.316 e. The summed E-state index contributed by atoms with van der Waals surface area (Å²) in [6, 6.07) is 4.27. The van der Waals surface area contributed by atoms with E-state index in [1.165, 1.54) is 12.1 Å². The summed E-state index contributed by atoms with van der Waals surface area (Å²) in [5.41, 5.74) is 0.688. The first kappa shape index (κ1) is 18.4. The Morgan fingerprint density at radius 3 is 2.62 bits per heavy atom. The number of aryl methyl sites for hydroxylation is 1. The number of nitrogens with one attached hydrogen (secondary N) is 2. The SMILES string of the molecule is CNC(C)CNS(=O)(=O)c1ccc2c(c1)S(=O)(=O)CC2.Cl. The first-order valence-electron chi connectivity index (χ1n) is 6.29. The van der Waals surface area contributed by atoms with Crippen LogP contribution in [0.15, 0.2) is 28.0 Å². The van der Waals surface area contributed by atoms with E-state index in [0.717, 1.165) is 0 Å². The van der Waals surface area contributed by atoms with Gasteiger partial charge >= 0.3 is 0 Å². The smallest absolute Gasteiger partial charge is 0.240 e. The Kier molecular flexibility index (Phi) is 5.79. The molecule has 1 aromatic rings. The molecule has 0 radical (unpaired) electrons. The van der Waals surface area contributed by atoms with Crippen LogP contribution in [0.3, 0.4) is 0 Å². The number of likely N-dealkylation sites (N-methyl/N-ethyl adjacent to an activating group) is 1. The van der Waals surface area contributed by atoms with E-state index in [4.69, 9.17) is 0 Å². The van der Waals surface area contributed by atoms with Gasteiger partial charge in [0.15, 0.2) is 9.84 Å². The zero-order valence-electron chi connectivity index (χ0n) is 11.8. The van der Waals surface area contributed by atoms with Crippen LogP contribution in [0.25, 0.3) is 0 Å². The Morgan fingerprint density at radius 1 is 1.33 bits per heavy atom. The maximum absolute atomic E-state index is 12.1. The normalized spacial score (nSPS) is 17.8. The number of hydrogen-bond acceptors (Lipinski definition) is 5. The molecule has 1 heterocycles. The summed E-state index contributed by atoms with van der Waals surface area (Å²) in [5.74, 6) is 0.0516. The summed E-state index contributed by atoms with van der Waals surface area (Å²) in [5, 5.41) is 2.92. The van der Waals surface area contributed by atoms with Crippen LogP contribution in [-0.2, 0) is 26.3 Å². The Labute approximate surface area is 131 Å². The number of sulfone groups is 1. The highest BCUT2D eigenvalue weighted by molar-refractivity contribution is 7.92. The molecule has 2 N–H and O–H groups in total. The number of sulfonamides is 1. The van der Waals surface area contributed by atoms with E-state index in [1.54, 1.807) is 13.1 Å². The van der Waals surface area contributed by atoms with Gasteiger partial charge in [-0.3, -0.25) is 0 Å². The van der Waals surface area contributed by atoms with Crippen molar-refractivity contribution < 1.29 is 16.8 Å². The molecule has 0 aromatic heterocycles. The summed E-state index contributed by atoms with van der Waals surface area (Å²) >= 11 is 0. The van der Waals surface area contributed by atoms with Gasteiger partial charge in [-0.2, -0.15) is 0 Å². The van der Waals surface area contributed by atoms with Gasteiger partial charge in [-0.25, -0.2) is 21.6 Å². The lowest BCUT2D eigenvalue weighted by atomic mass is 10.2. The third kappa shape index (κ3) is 3.95. The van der Waals surface area contributed by atoms with Crippen molar-refractivity contribution in [3.8, 4) is 0 Å². The zero-order valence-corrected chi connectivity index (χ0v) is 14.2. The fraction of sp³-hybridized carbons (Fsp3) is 0.500. The standard InChI is InChI=1S/C12H18N2O4S2.ClH/c1-9(13-2)8-14-20(17,18)11-4-3-10-5-6-19(15,16)12(10)7-11;/h3-4,7,9,13-14H,5-6,8H2,1-2H3;1H. The Morgan fingerprint density at radius 2 is 2.00 bits per heavy atom. The van der Waals surface area contributed by atoms with Gasteiger partial charge < -0.3 is 5.32 Å². The average Bonchev–Trinajstić information content (AvgIpc) is 2.71. The number of halogens is 1. The van der Waals surface area contributed by atoms with Gasteiger partial charge in [-0.15, -0.1) is 12.4 Å². The first-order valence-corrected chi connectivity index (χ1v) is 9.42. The molecule has 2 rings (SSSR count). The molecule has 1 aromatic carbocycles. The maximum Gasteiger partial charge on any atom is 0.240 e. The number of fused-ring (bicyclic) bond motifs is 1. The van der Waals surface area contributed by atoms with Crippen LogP contribution in [0.5, 0.6) is 0 Å². The molecule has 120 valence electrons. The average molecular weight is 355 g/mol. The molecule has 1 aliphatic heterocycles. The first-order chi connectivity index (χ1) is 9.26. The molecule has 0 aliphatic carbocycles. The number of benzene rings is 1. The highest BCUT2D eigenvalue weighted by Crippen LogP contribution is 2.28. The second-order valence-electron chi connectivity index (χ2n) is 4.88. The van der Waals surface area contributed by atoms with Gasteiger partial charge in [0.05, 0.1) is 15.5 Å². The van der Waals surface area contributed by atoms with Crippen LogP contribution < -0.4 is 10.0 Å². The lowest BCUT2D eigenvalue weighted by Gasteiger charge is -2.12. The van der Waals surface area contributed by atoms with Crippen molar-refractivity contribution in [1.82, 2.24) is 10.0 Å². The summed E-state index contributed by atoms with van der Waals surface area (Å²) < 4.78 is 50.4. The third-order valence-corrected chi connectivity index (χ3v) is 6.61. The highest BCUT2D eigenvalue weighted by atomic mass is 35.5. The van der Waals surface area contributed by atoms with Gasteiger partial charge in [0.2, 0.25) is 10.0 Å². The Bertz CT molecular complexity index is 717. The summed E-state index contributed by atoms with van der Waals surface area (Å²) in [6.45, 7) is 2.08. The lowest BCUT2D eigenvalue weighted by Crippen LogP contribution is -2.37. The maximum atomic E-state index is 12.1. The third-order valence-electron chi connectivity index (χ3n) is 3.40. The predicted molar refractivity (Wildman–Crippen MR) is 83.2 cm³/mol. The van der Waals surface area contributed by atoms with E-state index in [0.29, 0.717) is 12.0 Å². The topological polar surface area (TPSA) is 92.3 Å². The molecule has 1 aliphatic rings. The minimum absolute atomic E-state index is 0. The molecule has 21 heavy (non-hydrogen) atoms. The second kappa shape index (κ2) is 6.62. The molecule has 0 saturated carbocycles. The van der Waals surface area contributed by atoms with Crippen molar-refractivity contribution in [2.24, 2.45) is 0 Å². The molecule has 0 fully saturated rings. The molecule has 0 saturated heterocycles. The van der Waals surface area contributed by atoms with Crippen LogP contribution in [0, 0.1) is 0 Å². The van der Waals surface area contributed by atoms with E-state index >= 15 is 0 Å². The quantitative estimate of drug-likeness (QED) is 0.794. The van der Waals surface area contributed by atoms with Crippen molar-refractivity contribution >= 4 is 32.3 Å². The van der Waals surface area contributed by atoms with Crippen molar-refractivity contribution in [2.45, 2.75) is 29.2 Å². The lowest BCUT2D eigenvalue weighted by molar-refractivity contribution is 0.554. The van der Waals surface area contributed by atoms with E-state index < -0.39 is 19.9 Å². The molecular formula is C12H19ClN2O4S2. The molecule has 9 heteroatoms. The van der Waals surface area contributed by atoms with Crippen molar-refractivity contribution in [3.05, 3.63) is 23.8 Å². The van der Waals surface area contributed by atoms with Gasteiger partial charge in [-0.05, 0) is 38.1 Å². The van der Waals surface area contributed by atoms with E-state index in [-0.39, 0.29) is 40.5 Å². The molecule has 0 spiro atoms. The molecule has 1 unspecified atom stereocenters. The Balaban J connectivity index is 0.00000220.